The van der Waals surface area contributed by atoms with Gasteiger partial charge in [0.1, 0.15) is 11.5 Å². The molecule has 1 aromatic rings. The Bertz CT molecular complexity index is 387. The molecule has 1 aromatic carbocycles. The van der Waals surface area contributed by atoms with E-state index in [4.69, 9.17) is 21.1 Å². The number of carbonyl (C=O) groups excluding carboxylic acids is 1. The average molecular weight is 213 g/mol. The molecule has 3 nitrogen and oxygen atoms in total. The van der Waals surface area contributed by atoms with Crippen molar-refractivity contribution < 1.29 is 14.3 Å². The summed E-state index contributed by atoms with van der Waals surface area (Å²) in [6.07, 6.45) is 1.48. The molecule has 0 radical (unpaired) electrons. The Kier molecular flexibility index (Phi) is 2.33. The van der Waals surface area contributed by atoms with E-state index in [2.05, 4.69) is 0 Å². The van der Waals surface area contributed by atoms with E-state index in [1.807, 2.05) is 0 Å². The third-order valence-corrected chi connectivity index (χ3v) is 2.65. The van der Waals surface area contributed by atoms with Gasteiger partial charge in [-0.3, -0.25) is 4.79 Å². The Hall–Kier alpha value is -1.22. The molecule has 0 aromatic heterocycles. The van der Waals surface area contributed by atoms with Crippen molar-refractivity contribution >= 4 is 17.9 Å². The lowest BCUT2D eigenvalue weighted by Gasteiger charge is -2.09. The Labute approximate surface area is 86.6 Å². The van der Waals surface area contributed by atoms with E-state index in [0.29, 0.717) is 35.0 Å². The summed E-state index contributed by atoms with van der Waals surface area (Å²) in [5.41, 5.74) is 1.35. The molecule has 2 rings (SSSR count). The number of carbonyl (C=O) groups is 1. The number of methoxy groups -OCH3 is 1. The number of fused-ring (bicyclic) bond motifs is 1. The Morgan fingerprint density at radius 3 is 3.07 bits per heavy atom. The highest BCUT2D eigenvalue weighted by atomic mass is 35.5. The van der Waals surface area contributed by atoms with Crippen molar-refractivity contribution in [3.8, 4) is 11.5 Å². The maximum Gasteiger partial charge on any atom is 0.153 e. The van der Waals surface area contributed by atoms with Crippen molar-refractivity contribution in [3.05, 3.63) is 22.2 Å². The highest BCUT2D eigenvalue weighted by molar-refractivity contribution is 6.33. The minimum Gasteiger partial charge on any atom is -0.494 e. The van der Waals surface area contributed by atoms with Gasteiger partial charge in [0.25, 0.3) is 0 Å². The predicted molar refractivity (Wildman–Crippen MR) is 52.6 cm³/mol. The van der Waals surface area contributed by atoms with Crippen LogP contribution < -0.4 is 9.47 Å². The van der Waals surface area contributed by atoms with Gasteiger partial charge in [-0.05, 0) is 6.07 Å². The van der Waals surface area contributed by atoms with Crippen molar-refractivity contribution in [2.24, 2.45) is 0 Å². The molecule has 4 heteroatoms. The van der Waals surface area contributed by atoms with Gasteiger partial charge in [0.05, 0.1) is 24.3 Å². The van der Waals surface area contributed by atoms with Gasteiger partial charge in [-0.15, -0.1) is 0 Å². The van der Waals surface area contributed by atoms with Crippen molar-refractivity contribution in [2.45, 2.75) is 6.42 Å². The summed E-state index contributed by atoms with van der Waals surface area (Å²) in [5.74, 6) is 1.13. The molecule has 0 unspecified atom stereocenters. The largest absolute Gasteiger partial charge is 0.494 e. The second-order valence-electron chi connectivity index (χ2n) is 3.01. The van der Waals surface area contributed by atoms with Gasteiger partial charge in [0.15, 0.2) is 6.29 Å². The van der Waals surface area contributed by atoms with Crippen molar-refractivity contribution in [2.75, 3.05) is 13.7 Å². The molecule has 0 saturated heterocycles. The van der Waals surface area contributed by atoms with Crippen LogP contribution in [0.3, 0.4) is 0 Å². The summed E-state index contributed by atoms with van der Waals surface area (Å²) in [7, 11) is 1.50. The van der Waals surface area contributed by atoms with Gasteiger partial charge in [0, 0.05) is 12.0 Å². The van der Waals surface area contributed by atoms with Gasteiger partial charge in [-0.25, -0.2) is 0 Å². The first kappa shape index (κ1) is 9.34. The van der Waals surface area contributed by atoms with Crippen molar-refractivity contribution in [1.29, 1.82) is 0 Å². The smallest absolute Gasteiger partial charge is 0.153 e. The molecule has 0 amide bonds. The lowest BCUT2D eigenvalue weighted by atomic mass is 10.1. The van der Waals surface area contributed by atoms with Crippen LogP contribution in [0, 0.1) is 0 Å². The fourth-order valence-electron chi connectivity index (χ4n) is 1.59. The summed E-state index contributed by atoms with van der Waals surface area (Å²) in [6, 6.07) is 1.67. The summed E-state index contributed by atoms with van der Waals surface area (Å²) in [6.45, 7) is 0.612. The minimum absolute atomic E-state index is 0.429. The molecule has 0 atom stereocenters. The van der Waals surface area contributed by atoms with Crippen LogP contribution in [0.1, 0.15) is 15.9 Å². The first-order valence-electron chi connectivity index (χ1n) is 4.25. The number of rotatable bonds is 2. The van der Waals surface area contributed by atoms with Gasteiger partial charge in [-0.1, -0.05) is 11.6 Å². The second kappa shape index (κ2) is 3.50. The number of aldehydes is 1. The summed E-state index contributed by atoms with van der Waals surface area (Å²) < 4.78 is 10.4. The van der Waals surface area contributed by atoms with Gasteiger partial charge in [-0.2, -0.15) is 0 Å². The van der Waals surface area contributed by atoms with E-state index in [1.165, 1.54) is 7.11 Å². The third kappa shape index (κ3) is 1.24. The Morgan fingerprint density at radius 2 is 2.43 bits per heavy atom. The van der Waals surface area contributed by atoms with E-state index < -0.39 is 0 Å². The number of halogens is 1. The van der Waals surface area contributed by atoms with Gasteiger partial charge in [0.2, 0.25) is 0 Å². The molecule has 0 fully saturated rings. The highest BCUT2D eigenvalue weighted by Crippen LogP contribution is 2.40. The molecule has 1 aliphatic rings. The quantitative estimate of drug-likeness (QED) is 0.705. The lowest BCUT2D eigenvalue weighted by Crippen LogP contribution is -1.94. The van der Waals surface area contributed by atoms with E-state index in [-0.39, 0.29) is 0 Å². The van der Waals surface area contributed by atoms with E-state index in [9.17, 15) is 4.79 Å². The molecule has 74 valence electrons. The molecular weight excluding hydrogens is 204 g/mol. The zero-order chi connectivity index (χ0) is 10.1. The molecule has 0 saturated carbocycles. The molecule has 0 N–H and O–H groups in total. The second-order valence-corrected chi connectivity index (χ2v) is 3.38. The number of ether oxygens (including phenoxy) is 2. The molecule has 0 aliphatic carbocycles. The standard InChI is InChI=1S/C10H9ClO3/c1-13-10-6(5-12)4-8-7(9(10)11)2-3-14-8/h4-5H,2-3H2,1H3. The monoisotopic (exact) mass is 212 g/mol. The Morgan fingerprint density at radius 1 is 1.64 bits per heavy atom. The summed E-state index contributed by atoms with van der Waals surface area (Å²) in [5, 5.41) is 0.490. The maximum absolute atomic E-state index is 10.7. The number of hydrogen-bond acceptors (Lipinski definition) is 3. The Balaban J connectivity index is 2.65. The first-order valence-corrected chi connectivity index (χ1v) is 4.63. The van der Waals surface area contributed by atoms with Gasteiger partial charge >= 0.3 is 0 Å². The summed E-state index contributed by atoms with van der Waals surface area (Å²) in [4.78, 5) is 10.7. The number of hydrogen-bond donors (Lipinski definition) is 0. The molecular formula is C10H9ClO3. The zero-order valence-electron chi connectivity index (χ0n) is 7.67. The van der Waals surface area contributed by atoms with E-state index >= 15 is 0 Å². The summed E-state index contributed by atoms with van der Waals surface area (Å²) >= 11 is 6.07. The fraction of sp³-hybridized carbons (Fsp3) is 0.300. The van der Waals surface area contributed by atoms with Crippen LogP contribution in [0.15, 0.2) is 6.07 Å². The molecule has 0 spiro atoms. The van der Waals surface area contributed by atoms with Crippen LogP contribution in [-0.4, -0.2) is 20.0 Å². The van der Waals surface area contributed by atoms with Crippen molar-refractivity contribution in [1.82, 2.24) is 0 Å². The van der Waals surface area contributed by atoms with Crippen LogP contribution in [0.25, 0.3) is 0 Å². The molecule has 1 aliphatic heterocycles. The number of benzene rings is 1. The zero-order valence-corrected chi connectivity index (χ0v) is 8.43. The predicted octanol–water partition coefficient (Wildman–Crippen LogP) is 2.10. The highest BCUT2D eigenvalue weighted by Gasteiger charge is 2.21. The normalized spacial score (nSPS) is 13.3. The molecule has 0 bridgehead atoms. The van der Waals surface area contributed by atoms with Gasteiger partial charge < -0.3 is 9.47 Å². The third-order valence-electron chi connectivity index (χ3n) is 2.25. The topological polar surface area (TPSA) is 35.5 Å². The molecule has 14 heavy (non-hydrogen) atoms. The van der Waals surface area contributed by atoms with E-state index in [1.54, 1.807) is 6.07 Å². The van der Waals surface area contributed by atoms with E-state index in [0.717, 1.165) is 12.0 Å². The first-order chi connectivity index (χ1) is 6.77. The van der Waals surface area contributed by atoms with Crippen LogP contribution in [0.5, 0.6) is 11.5 Å². The van der Waals surface area contributed by atoms with Crippen LogP contribution >= 0.6 is 11.6 Å². The fourth-order valence-corrected chi connectivity index (χ4v) is 1.96. The van der Waals surface area contributed by atoms with Crippen LogP contribution in [0.4, 0.5) is 0 Å². The maximum atomic E-state index is 10.7. The average Bonchev–Trinajstić information content (AvgIpc) is 2.65. The lowest BCUT2D eigenvalue weighted by molar-refractivity contribution is 0.112. The minimum atomic E-state index is 0.429. The molecule has 1 heterocycles. The SMILES string of the molecule is COc1c(C=O)cc2c(c1Cl)CCO2. The van der Waals surface area contributed by atoms with Crippen molar-refractivity contribution in [3.63, 3.8) is 0 Å². The van der Waals surface area contributed by atoms with Crippen LogP contribution in [0.2, 0.25) is 5.02 Å². The van der Waals surface area contributed by atoms with Crippen LogP contribution in [-0.2, 0) is 6.42 Å².